The van der Waals surface area contributed by atoms with Crippen LogP contribution in [0, 0.1) is 5.82 Å². The zero-order chi connectivity index (χ0) is 21.6. The van der Waals surface area contributed by atoms with E-state index in [4.69, 9.17) is 36.1 Å². The van der Waals surface area contributed by atoms with Gasteiger partial charge in [-0.3, -0.25) is 4.98 Å². The normalized spacial score (nSPS) is 17.3. The average Bonchev–Trinajstić information content (AvgIpc) is 2.54. The number of fused-ring (bicyclic) bond motifs is 1. The number of pyridine rings is 1. The van der Waals surface area contributed by atoms with Gasteiger partial charge < -0.3 is 15.0 Å². The van der Waals surface area contributed by atoms with Crippen molar-refractivity contribution in [2.75, 3.05) is 5.32 Å². The Balaban J connectivity index is 2.00. The van der Waals surface area contributed by atoms with Crippen LogP contribution in [0.15, 0.2) is 36.5 Å². The molecule has 0 fully saturated rings. The van der Waals surface area contributed by atoms with Gasteiger partial charge >= 0.3 is 6.09 Å². The monoisotopic (exact) mass is 383 g/mol. The first-order valence-electron chi connectivity index (χ1n) is 9.01. The number of para-hydroxylation sites is 1. The predicted molar refractivity (Wildman–Crippen MR) is 113 cm³/mol. The summed E-state index contributed by atoms with van der Waals surface area (Å²) < 4.78 is 19.3. The highest BCUT2D eigenvalue weighted by Crippen LogP contribution is 2.38. The SMILES string of the molecule is [B]C1([B])Cc2ncc(Nc3ccccc3F)cc2C([B])([B])N1C(=O)OC(C)(C)C. The van der Waals surface area contributed by atoms with Crippen molar-refractivity contribution in [1.82, 2.24) is 9.88 Å². The number of amides is 1. The summed E-state index contributed by atoms with van der Waals surface area (Å²) in [7, 11) is 24.9. The summed E-state index contributed by atoms with van der Waals surface area (Å²) in [6.07, 6.45) is 0.628. The van der Waals surface area contributed by atoms with Gasteiger partial charge in [-0.15, -0.1) is 0 Å². The van der Waals surface area contributed by atoms with Gasteiger partial charge in [-0.05, 0) is 61.6 Å². The standard InChI is InChI=1S/C19H18B4FN3O2/c1-17(2,3)29-16(28)27-18(20,21)9-15-12(19(27,22)23)8-11(10-25-15)26-14-7-5-4-6-13(14)24/h4-8,10,26H,9H2,1-3H3. The van der Waals surface area contributed by atoms with Gasteiger partial charge in [0.2, 0.25) is 0 Å². The van der Waals surface area contributed by atoms with Crippen LogP contribution in [0.2, 0.25) is 0 Å². The average molecular weight is 383 g/mol. The summed E-state index contributed by atoms with van der Waals surface area (Å²) in [5.41, 5.74) is 0.617. The molecule has 1 aliphatic heterocycles. The molecule has 0 atom stereocenters. The van der Waals surface area contributed by atoms with Gasteiger partial charge in [0.25, 0.3) is 0 Å². The van der Waals surface area contributed by atoms with Crippen molar-refractivity contribution in [2.24, 2.45) is 0 Å². The molecule has 1 aromatic heterocycles. The molecule has 0 spiro atoms. The third-order valence-electron chi connectivity index (χ3n) is 4.37. The number of halogens is 1. The fourth-order valence-corrected chi connectivity index (χ4v) is 3.21. The first kappa shape index (κ1) is 21.3. The van der Waals surface area contributed by atoms with Crippen molar-refractivity contribution in [2.45, 2.75) is 43.5 Å². The quantitative estimate of drug-likeness (QED) is 0.809. The van der Waals surface area contributed by atoms with Crippen LogP contribution in [-0.4, -0.2) is 58.3 Å². The molecule has 5 nitrogen and oxygen atoms in total. The Morgan fingerprint density at radius 3 is 2.52 bits per heavy atom. The van der Waals surface area contributed by atoms with Crippen LogP contribution in [0.4, 0.5) is 20.6 Å². The van der Waals surface area contributed by atoms with Crippen LogP contribution >= 0.6 is 0 Å². The van der Waals surface area contributed by atoms with Crippen molar-refractivity contribution in [1.29, 1.82) is 0 Å². The molecule has 0 saturated heterocycles. The van der Waals surface area contributed by atoms with Gasteiger partial charge in [-0.2, -0.15) is 0 Å². The van der Waals surface area contributed by atoms with Crippen LogP contribution < -0.4 is 5.32 Å². The van der Waals surface area contributed by atoms with Crippen LogP contribution in [0.3, 0.4) is 0 Å². The molecular formula is C19H18B4FN3O2. The Kier molecular flexibility index (Phi) is 5.26. The first-order valence-corrected chi connectivity index (χ1v) is 9.01. The maximum absolute atomic E-state index is 14.0. The van der Waals surface area contributed by atoms with E-state index in [-0.39, 0.29) is 12.1 Å². The molecule has 8 radical (unpaired) electrons. The maximum Gasteiger partial charge on any atom is 0.408 e. The number of rotatable bonds is 2. The summed E-state index contributed by atoms with van der Waals surface area (Å²) in [6.45, 7) is 5.10. The van der Waals surface area contributed by atoms with Crippen LogP contribution in [0.5, 0.6) is 0 Å². The molecule has 2 heterocycles. The smallest absolute Gasteiger partial charge is 0.408 e. The lowest BCUT2D eigenvalue weighted by atomic mass is 9.46. The Morgan fingerprint density at radius 2 is 1.90 bits per heavy atom. The van der Waals surface area contributed by atoms with E-state index in [0.717, 1.165) is 4.90 Å². The van der Waals surface area contributed by atoms with E-state index in [1.54, 1.807) is 45.0 Å². The fraction of sp³-hybridized carbons (Fsp3) is 0.368. The summed E-state index contributed by atoms with van der Waals surface area (Å²) in [5, 5.41) is -0.702. The second-order valence-corrected chi connectivity index (χ2v) is 8.13. The largest absolute Gasteiger partial charge is 0.444 e. The number of carbonyl (C=O) groups is 1. The molecule has 1 amide bonds. The third-order valence-corrected chi connectivity index (χ3v) is 4.37. The first-order chi connectivity index (χ1) is 13.3. The Hall–Kier alpha value is -2.37. The van der Waals surface area contributed by atoms with Gasteiger partial charge in [0.05, 0.1) is 49.0 Å². The topological polar surface area (TPSA) is 54.5 Å². The predicted octanol–water partition coefficient (Wildman–Crippen LogP) is 2.20. The summed E-state index contributed by atoms with van der Waals surface area (Å²) in [4.78, 5) is 18.0. The Labute approximate surface area is 175 Å². The van der Waals surface area contributed by atoms with E-state index >= 15 is 0 Å². The maximum atomic E-state index is 14.0. The van der Waals surface area contributed by atoms with Gasteiger partial charge in [-0.25, -0.2) is 9.18 Å². The zero-order valence-corrected chi connectivity index (χ0v) is 16.6. The second-order valence-electron chi connectivity index (χ2n) is 8.13. The third kappa shape index (κ3) is 4.31. The highest BCUT2D eigenvalue weighted by molar-refractivity contribution is 6.46. The van der Waals surface area contributed by atoms with Gasteiger partial charge in [0.1, 0.15) is 11.4 Å². The number of hydrogen-bond acceptors (Lipinski definition) is 4. The van der Waals surface area contributed by atoms with E-state index in [1.807, 2.05) is 0 Å². The number of nitrogens with one attached hydrogen (secondary N) is 1. The van der Waals surface area contributed by atoms with E-state index in [1.165, 1.54) is 12.3 Å². The van der Waals surface area contributed by atoms with Crippen molar-refractivity contribution >= 4 is 48.9 Å². The fourth-order valence-electron chi connectivity index (χ4n) is 3.21. The lowest BCUT2D eigenvalue weighted by Gasteiger charge is -2.54. The molecular weight excluding hydrogens is 364 g/mol. The molecule has 0 saturated carbocycles. The molecule has 1 aliphatic rings. The van der Waals surface area contributed by atoms with Crippen molar-refractivity contribution < 1.29 is 13.9 Å². The lowest BCUT2D eigenvalue weighted by molar-refractivity contribution is 0.00869. The highest BCUT2D eigenvalue weighted by atomic mass is 19.1. The zero-order valence-electron chi connectivity index (χ0n) is 16.6. The minimum Gasteiger partial charge on any atom is -0.444 e. The van der Waals surface area contributed by atoms with E-state index in [0.29, 0.717) is 16.9 Å². The number of carbonyl (C=O) groups excluding carboxylic acids is 1. The van der Waals surface area contributed by atoms with E-state index < -0.39 is 28.2 Å². The number of aromatic nitrogens is 1. The molecule has 140 valence electrons. The van der Waals surface area contributed by atoms with Crippen molar-refractivity contribution in [3.63, 3.8) is 0 Å². The Bertz CT molecular complexity index is 947. The van der Waals surface area contributed by atoms with Crippen LogP contribution in [-0.2, 0) is 16.5 Å². The number of ether oxygens (including phenoxy) is 1. The van der Waals surface area contributed by atoms with Crippen LogP contribution in [0.25, 0.3) is 0 Å². The minimum absolute atomic E-state index is 0.00228. The number of hydrogen-bond donors (Lipinski definition) is 1. The molecule has 3 rings (SSSR count). The summed E-state index contributed by atoms with van der Waals surface area (Å²) in [6, 6.07) is 7.75. The van der Waals surface area contributed by atoms with Crippen LogP contribution in [0.1, 0.15) is 32.0 Å². The second kappa shape index (κ2) is 7.15. The molecule has 0 aliphatic carbocycles. The lowest BCUT2D eigenvalue weighted by Crippen LogP contribution is -2.67. The van der Waals surface area contributed by atoms with E-state index in [2.05, 4.69) is 10.3 Å². The van der Waals surface area contributed by atoms with Gasteiger partial charge in [-0.1, -0.05) is 12.1 Å². The van der Waals surface area contributed by atoms with Crippen molar-refractivity contribution in [3.05, 3.63) is 53.6 Å². The summed E-state index contributed by atoms with van der Waals surface area (Å²) in [5.74, 6) is -0.435. The molecule has 0 unspecified atom stereocenters. The summed E-state index contributed by atoms with van der Waals surface area (Å²) >= 11 is 0. The minimum atomic E-state index is -1.90. The molecule has 1 aromatic carbocycles. The number of benzene rings is 1. The molecule has 10 heteroatoms. The van der Waals surface area contributed by atoms with E-state index in [9.17, 15) is 9.18 Å². The molecule has 0 bridgehead atoms. The van der Waals surface area contributed by atoms with Gasteiger partial charge in [0, 0.05) is 5.69 Å². The molecule has 1 N–H and O–H groups in total. The van der Waals surface area contributed by atoms with Crippen molar-refractivity contribution in [3.8, 4) is 0 Å². The highest BCUT2D eigenvalue weighted by Gasteiger charge is 2.47. The molecule has 2 aromatic rings. The Morgan fingerprint density at radius 1 is 1.24 bits per heavy atom. The number of anilines is 2. The number of nitrogens with zero attached hydrogens (tertiary/aromatic N) is 2. The molecule has 29 heavy (non-hydrogen) atoms. The van der Waals surface area contributed by atoms with Gasteiger partial charge in [0.15, 0.2) is 0 Å².